The molecule has 12 heteroatoms. The van der Waals surface area contributed by atoms with Gasteiger partial charge in [-0.05, 0) is 46.9 Å². The second kappa shape index (κ2) is 11.4. The van der Waals surface area contributed by atoms with Gasteiger partial charge in [0, 0.05) is 12.6 Å². The molecule has 0 aliphatic carbocycles. The van der Waals surface area contributed by atoms with Gasteiger partial charge in [0.2, 0.25) is 0 Å². The van der Waals surface area contributed by atoms with E-state index in [-0.39, 0.29) is 27.7 Å². The van der Waals surface area contributed by atoms with Gasteiger partial charge >= 0.3 is 17.6 Å². The highest BCUT2D eigenvalue weighted by Gasteiger charge is 2.40. The number of hydrogen-bond acceptors (Lipinski definition) is 9. The largest absolute Gasteiger partial charge is 0.373 e. The van der Waals surface area contributed by atoms with Crippen molar-refractivity contribution in [3.63, 3.8) is 0 Å². The Hall–Kier alpha value is -3.33. The van der Waals surface area contributed by atoms with Crippen LogP contribution in [0.4, 0.5) is 0 Å². The van der Waals surface area contributed by atoms with Crippen molar-refractivity contribution in [2.24, 2.45) is 0 Å². The molecule has 3 atom stereocenters. The zero-order chi connectivity index (χ0) is 24.8. The maximum atomic E-state index is 12.3. The summed E-state index contributed by atoms with van der Waals surface area (Å²) in [6, 6.07) is 16.4. The summed E-state index contributed by atoms with van der Waals surface area (Å²) in [7, 11) is 0. The molecule has 1 unspecified atom stereocenters. The Bertz CT molecular complexity index is 1290. The molecule has 1 N–H and O–H groups in total. The first-order chi connectivity index (χ1) is 16.9. The van der Waals surface area contributed by atoms with Crippen molar-refractivity contribution in [3.05, 3.63) is 102 Å². The maximum absolute atomic E-state index is 12.3. The predicted molar refractivity (Wildman–Crippen MR) is 127 cm³/mol. The van der Waals surface area contributed by atoms with Gasteiger partial charge in [-0.25, -0.2) is 14.4 Å². The second-order valence-corrected chi connectivity index (χ2v) is 8.56. The Morgan fingerprint density at radius 3 is 2.20 bits per heavy atom. The monoisotopic (exact) mass is 594 g/mol. The predicted octanol–water partition coefficient (Wildman–Crippen LogP) is 2.37. The Kier molecular flexibility index (Phi) is 8.07. The van der Waals surface area contributed by atoms with E-state index in [2.05, 4.69) is 4.98 Å². The summed E-state index contributed by atoms with van der Waals surface area (Å²) in [6.45, 7) is -0.280. The van der Waals surface area contributed by atoms with Gasteiger partial charge in [0.25, 0.3) is 5.56 Å². The number of nitrogens with one attached hydrogen (secondary N) is 1. The highest BCUT2D eigenvalue weighted by atomic mass is 127. The average Bonchev–Trinajstić information content (AvgIpc) is 3.28. The van der Waals surface area contributed by atoms with Crippen LogP contribution >= 0.6 is 22.6 Å². The summed E-state index contributed by atoms with van der Waals surface area (Å²) in [5.74, 6) is -1.43. The van der Waals surface area contributed by atoms with Crippen LogP contribution in [0.3, 0.4) is 0 Å². The second-order valence-electron chi connectivity index (χ2n) is 7.40. The third-order valence-electron chi connectivity index (χ3n) is 5.05. The van der Waals surface area contributed by atoms with Gasteiger partial charge in [-0.1, -0.05) is 36.4 Å². The first-order valence-corrected chi connectivity index (χ1v) is 11.5. The maximum Gasteiger partial charge on any atom is 0.373 e. The summed E-state index contributed by atoms with van der Waals surface area (Å²) in [4.78, 5) is 70.8. The van der Waals surface area contributed by atoms with Gasteiger partial charge in [0.05, 0.1) is 14.7 Å². The zero-order valence-corrected chi connectivity index (χ0v) is 20.2. The average molecular weight is 594 g/mol. The molecule has 1 fully saturated rings. The van der Waals surface area contributed by atoms with Crippen LogP contribution < -0.4 is 11.2 Å². The standard InChI is InChI=1S/C23H19IN2O9/c24-16-12-26(23(30)25-20(16)27)19-11-17(33-35-22(29)15-9-5-2-6-10-15)18(32-19)13-31-34-21(28)14-7-3-1-4-8-14/h1-10,12,17-19H,11,13H2,(H,25,27,30)/t17?,18-,19-/m0/s1. The Labute approximate surface area is 211 Å². The first-order valence-electron chi connectivity index (χ1n) is 10.4. The molecular weight excluding hydrogens is 575 g/mol. The molecule has 1 aliphatic heterocycles. The topological polar surface area (TPSA) is 135 Å². The Balaban J connectivity index is 1.44. The number of halogens is 1. The number of aromatic nitrogens is 2. The number of aromatic amines is 1. The lowest BCUT2D eigenvalue weighted by molar-refractivity contribution is -0.303. The summed E-state index contributed by atoms with van der Waals surface area (Å²) >= 11 is 1.79. The number of benzene rings is 2. The van der Waals surface area contributed by atoms with E-state index in [0.717, 1.165) is 0 Å². The Morgan fingerprint density at radius 2 is 1.57 bits per heavy atom. The van der Waals surface area contributed by atoms with Gasteiger partial charge in [-0.3, -0.25) is 24.1 Å². The molecule has 0 spiro atoms. The van der Waals surface area contributed by atoms with E-state index < -0.39 is 41.6 Å². The summed E-state index contributed by atoms with van der Waals surface area (Å²) in [5.41, 5.74) is -0.643. The molecule has 1 aliphatic rings. The van der Waals surface area contributed by atoms with Crippen molar-refractivity contribution in [2.45, 2.75) is 24.9 Å². The van der Waals surface area contributed by atoms with Gasteiger partial charge in [0.1, 0.15) is 25.0 Å². The van der Waals surface area contributed by atoms with Gasteiger partial charge < -0.3 is 4.74 Å². The first kappa shape index (κ1) is 24.8. The van der Waals surface area contributed by atoms with E-state index in [1.807, 2.05) is 0 Å². The number of H-pyrrole nitrogens is 1. The summed E-state index contributed by atoms with van der Waals surface area (Å²) < 4.78 is 7.33. The van der Waals surface area contributed by atoms with E-state index in [9.17, 15) is 19.2 Å². The smallest absolute Gasteiger partial charge is 0.349 e. The van der Waals surface area contributed by atoms with Gasteiger partial charge in [-0.2, -0.15) is 9.78 Å². The van der Waals surface area contributed by atoms with Crippen LogP contribution in [0.2, 0.25) is 0 Å². The lowest BCUT2D eigenvalue weighted by Gasteiger charge is -2.17. The molecule has 182 valence electrons. The number of rotatable bonds is 8. The van der Waals surface area contributed by atoms with Crippen LogP contribution in [-0.4, -0.2) is 40.3 Å². The lowest BCUT2D eigenvalue weighted by atomic mass is 10.2. The molecule has 1 aromatic heterocycles. The number of hydrogen-bond donors (Lipinski definition) is 1. The SMILES string of the molecule is O=C(OOC[C@@H]1O[C@H](n2cc(I)c(=O)[nH]c2=O)CC1OOC(=O)c1ccccc1)c1ccccc1. The fraction of sp³-hybridized carbons (Fsp3) is 0.217. The van der Waals surface area contributed by atoms with Crippen molar-refractivity contribution in [1.82, 2.24) is 9.55 Å². The highest BCUT2D eigenvalue weighted by Crippen LogP contribution is 2.30. The normalized spacial score (nSPS) is 19.3. The minimum absolute atomic E-state index is 0.0742. The molecule has 2 heterocycles. The summed E-state index contributed by atoms with van der Waals surface area (Å²) in [6.07, 6.45) is -1.21. The molecule has 1 saturated heterocycles. The molecule has 4 rings (SSSR count). The molecule has 0 amide bonds. The Morgan fingerprint density at radius 1 is 0.971 bits per heavy atom. The van der Waals surface area contributed by atoms with Crippen LogP contribution in [0.1, 0.15) is 33.4 Å². The third-order valence-corrected chi connectivity index (χ3v) is 5.82. The minimum atomic E-state index is -0.886. The lowest BCUT2D eigenvalue weighted by Crippen LogP contribution is -2.33. The van der Waals surface area contributed by atoms with E-state index in [1.54, 1.807) is 83.3 Å². The van der Waals surface area contributed by atoms with Crippen molar-refractivity contribution >= 4 is 34.5 Å². The quantitative estimate of drug-likeness (QED) is 0.237. The molecule has 11 nitrogen and oxygen atoms in total. The molecule has 35 heavy (non-hydrogen) atoms. The number of carbonyl (C=O) groups excluding carboxylic acids is 2. The number of carbonyl (C=O) groups is 2. The minimum Gasteiger partial charge on any atom is -0.349 e. The van der Waals surface area contributed by atoms with E-state index >= 15 is 0 Å². The van der Waals surface area contributed by atoms with E-state index in [4.69, 9.17) is 24.3 Å². The van der Waals surface area contributed by atoms with Crippen molar-refractivity contribution < 1.29 is 33.9 Å². The van der Waals surface area contributed by atoms with Crippen LogP contribution in [0.25, 0.3) is 0 Å². The zero-order valence-electron chi connectivity index (χ0n) is 18.0. The third kappa shape index (κ3) is 6.22. The fourth-order valence-electron chi connectivity index (χ4n) is 3.30. The molecule has 2 aromatic carbocycles. The fourth-order valence-corrected chi connectivity index (χ4v) is 3.74. The summed E-state index contributed by atoms with van der Waals surface area (Å²) in [5, 5.41) is 0. The van der Waals surface area contributed by atoms with Crippen molar-refractivity contribution in [1.29, 1.82) is 0 Å². The van der Waals surface area contributed by atoms with Crippen molar-refractivity contribution in [2.75, 3.05) is 6.61 Å². The van der Waals surface area contributed by atoms with Crippen LogP contribution in [0.15, 0.2) is 76.4 Å². The molecule has 0 radical (unpaired) electrons. The molecule has 3 aromatic rings. The van der Waals surface area contributed by atoms with Crippen LogP contribution in [-0.2, 0) is 24.3 Å². The van der Waals surface area contributed by atoms with E-state index in [0.29, 0.717) is 0 Å². The molecule has 0 bridgehead atoms. The van der Waals surface area contributed by atoms with Crippen LogP contribution in [0.5, 0.6) is 0 Å². The van der Waals surface area contributed by atoms with Gasteiger partial charge in [-0.15, -0.1) is 0 Å². The van der Waals surface area contributed by atoms with Crippen molar-refractivity contribution in [3.8, 4) is 0 Å². The number of nitrogens with zero attached hydrogens (tertiary/aromatic N) is 1. The highest BCUT2D eigenvalue weighted by molar-refractivity contribution is 14.1. The molecular formula is C23H19IN2O9. The molecule has 0 saturated carbocycles. The van der Waals surface area contributed by atoms with E-state index in [1.165, 1.54) is 10.8 Å². The van der Waals surface area contributed by atoms with Crippen LogP contribution in [0, 0.1) is 3.57 Å². The number of ether oxygens (including phenoxy) is 1. The van der Waals surface area contributed by atoms with Gasteiger partial charge in [0.15, 0.2) is 0 Å².